The molecule has 22 heavy (non-hydrogen) atoms. The maximum absolute atomic E-state index is 12.5. The fourth-order valence-corrected chi connectivity index (χ4v) is 3.52. The predicted molar refractivity (Wildman–Crippen MR) is 81.4 cm³/mol. The van der Waals surface area contributed by atoms with Gasteiger partial charge < -0.3 is 10.1 Å². The lowest BCUT2D eigenvalue weighted by Crippen LogP contribution is -2.40. The van der Waals surface area contributed by atoms with Gasteiger partial charge in [0.1, 0.15) is 5.69 Å². The highest BCUT2D eigenvalue weighted by Crippen LogP contribution is 2.29. The van der Waals surface area contributed by atoms with Gasteiger partial charge in [0, 0.05) is 25.7 Å². The number of benzene rings is 1. The summed E-state index contributed by atoms with van der Waals surface area (Å²) in [5, 5.41) is 14.0. The molecule has 9 heteroatoms. The van der Waals surface area contributed by atoms with Crippen LogP contribution >= 0.6 is 0 Å². The monoisotopic (exact) mass is 327 g/mol. The molecular formula is C13H17N3O5S. The Morgan fingerprint density at radius 3 is 2.68 bits per heavy atom. The van der Waals surface area contributed by atoms with Crippen LogP contribution in [0, 0.1) is 10.1 Å². The zero-order valence-corrected chi connectivity index (χ0v) is 12.7. The van der Waals surface area contributed by atoms with Gasteiger partial charge in [-0.1, -0.05) is 6.08 Å². The van der Waals surface area contributed by atoms with Crippen LogP contribution < -0.4 is 5.32 Å². The summed E-state index contributed by atoms with van der Waals surface area (Å²) >= 11 is 0. The number of nitrogens with one attached hydrogen (secondary N) is 1. The Balaban J connectivity index is 2.36. The van der Waals surface area contributed by atoms with Crippen LogP contribution in [0.3, 0.4) is 0 Å². The van der Waals surface area contributed by atoms with E-state index in [0.29, 0.717) is 19.8 Å². The molecule has 0 spiro atoms. The fourth-order valence-electron chi connectivity index (χ4n) is 2.09. The number of nitrogens with zero attached hydrogens (tertiary/aromatic N) is 2. The van der Waals surface area contributed by atoms with E-state index >= 15 is 0 Å². The molecule has 1 heterocycles. The van der Waals surface area contributed by atoms with Crippen molar-refractivity contribution in [3.05, 3.63) is 41.0 Å². The van der Waals surface area contributed by atoms with Crippen LogP contribution in [0.4, 0.5) is 11.4 Å². The van der Waals surface area contributed by atoms with E-state index in [4.69, 9.17) is 4.74 Å². The molecular weight excluding hydrogens is 310 g/mol. The zero-order chi connectivity index (χ0) is 16.2. The molecule has 0 unspecified atom stereocenters. The summed E-state index contributed by atoms with van der Waals surface area (Å²) in [7, 11) is -3.75. The molecule has 1 aliphatic heterocycles. The minimum absolute atomic E-state index is 0.0924. The lowest BCUT2D eigenvalue weighted by molar-refractivity contribution is -0.384. The van der Waals surface area contributed by atoms with Crippen molar-refractivity contribution in [2.45, 2.75) is 4.90 Å². The van der Waals surface area contributed by atoms with Crippen LogP contribution in [0.5, 0.6) is 0 Å². The number of hydrogen-bond acceptors (Lipinski definition) is 6. The van der Waals surface area contributed by atoms with E-state index in [2.05, 4.69) is 11.9 Å². The Kier molecular flexibility index (Phi) is 5.11. The highest BCUT2D eigenvalue weighted by Gasteiger charge is 2.28. The Bertz CT molecular complexity index is 668. The Morgan fingerprint density at radius 2 is 2.09 bits per heavy atom. The smallest absolute Gasteiger partial charge is 0.293 e. The summed E-state index contributed by atoms with van der Waals surface area (Å²) in [6, 6.07) is 3.84. The van der Waals surface area contributed by atoms with Gasteiger partial charge in [-0.25, -0.2) is 8.42 Å². The number of nitro groups is 1. The van der Waals surface area contributed by atoms with Gasteiger partial charge in [-0.3, -0.25) is 10.1 Å². The molecule has 0 aliphatic carbocycles. The van der Waals surface area contributed by atoms with E-state index in [-0.39, 0.29) is 29.4 Å². The highest BCUT2D eigenvalue weighted by molar-refractivity contribution is 7.89. The van der Waals surface area contributed by atoms with Crippen molar-refractivity contribution >= 4 is 21.4 Å². The summed E-state index contributed by atoms with van der Waals surface area (Å²) in [5.74, 6) is 0. The van der Waals surface area contributed by atoms with E-state index < -0.39 is 14.9 Å². The molecule has 1 aromatic carbocycles. The van der Waals surface area contributed by atoms with Crippen molar-refractivity contribution in [3.8, 4) is 0 Å². The average Bonchev–Trinajstić information content (AvgIpc) is 2.53. The number of rotatable bonds is 6. The van der Waals surface area contributed by atoms with Gasteiger partial charge in [0.25, 0.3) is 5.69 Å². The lowest BCUT2D eigenvalue weighted by atomic mass is 10.2. The van der Waals surface area contributed by atoms with Crippen LogP contribution in [-0.4, -0.2) is 50.5 Å². The molecule has 0 radical (unpaired) electrons. The second-order valence-corrected chi connectivity index (χ2v) is 6.56. The summed E-state index contributed by atoms with van der Waals surface area (Å²) in [6.45, 7) is 4.99. The van der Waals surface area contributed by atoms with Crippen molar-refractivity contribution in [2.75, 3.05) is 38.2 Å². The molecule has 1 fully saturated rings. The Labute approximate surface area is 128 Å². The molecule has 1 aliphatic rings. The van der Waals surface area contributed by atoms with Crippen LogP contribution in [0.1, 0.15) is 0 Å². The molecule has 8 nitrogen and oxygen atoms in total. The number of ether oxygens (including phenoxy) is 1. The van der Waals surface area contributed by atoms with Crippen molar-refractivity contribution in [1.82, 2.24) is 4.31 Å². The van der Waals surface area contributed by atoms with E-state index in [1.165, 1.54) is 16.4 Å². The third-order valence-corrected chi connectivity index (χ3v) is 5.11. The molecule has 1 aromatic rings. The third kappa shape index (κ3) is 3.43. The van der Waals surface area contributed by atoms with Gasteiger partial charge in [-0.2, -0.15) is 4.31 Å². The second kappa shape index (κ2) is 6.86. The van der Waals surface area contributed by atoms with E-state index in [1.54, 1.807) is 6.08 Å². The normalized spacial score (nSPS) is 16.2. The second-order valence-electron chi connectivity index (χ2n) is 4.62. The van der Waals surface area contributed by atoms with Crippen LogP contribution in [0.2, 0.25) is 0 Å². The molecule has 0 amide bonds. The number of sulfonamides is 1. The van der Waals surface area contributed by atoms with E-state index in [0.717, 1.165) is 6.07 Å². The summed E-state index contributed by atoms with van der Waals surface area (Å²) < 4.78 is 31.4. The van der Waals surface area contributed by atoms with Crippen molar-refractivity contribution in [1.29, 1.82) is 0 Å². The average molecular weight is 327 g/mol. The molecule has 2 rings (SSSR count). The SMILES string of the molecule is C=CCNc1ccc(S(=O)(=O)N2CCOCC2)cc1[N+](=O)[O-]. The van der Waals surface area contributed by atoms with Crippen LogP contribution in [-0.2, 0) is 14.8 Å². The standard InChI is InChI=1S/C13H17N3O5S/c1-2-5-14-12-4-3-11(10-13(12)16(17)18)22(19,20)15-6-8-21-9-7-15/h2-4,10,14H,1,5-9H2. The molecule has 0 bridgehead atoms. The molecule has 0 saturated carbocycles. The number of hydrogen-bond donors (Lipinski definition) is 1. The first-order valence-corrected chi connectivity index (χ1v) is 8.12. The summed E-state index contributed by atoms with van der Waals surface area (Å²) in [4.78, 5) is 10.5. The third-order valence-electron chi connectivity index (χ3n) is 3.21. The molecule has 1 saturated heterocycles. The van der Waals surface area contributed by atoms with Gasteiger partial charge in [-0.05, 0) is 12.1 Å². The quantitative estimate of drug-likeness (QED) is 0.479. The summed E-state index contributed by atoms with van der Waals surface area (Å²) in [5.41, 5.74) is -0.0259. The Hall–Kier alpha value is -1.97. The molecule has 0 aromatic heterocycles. The maximum atomic E-state index is 12.5. The van der Waals surface area contributed by atoms with Crippen molar-refractivity contribution in [2.24, 2.45) is 0 Å². The zero-order valence-electron chi connectivity index (χ0n) is 11.9. The van der Waals surface area contributed by atoms with E-state index in [9.17, 15) is 18.5 Å². The van der Waals surface area contributed by atoms with Gasteiger partial charge in [0.15, 0.2) is 0 Å². The first-order chi connectivity index (χ1) is 10.5. The van der Waals surface area contributed by atoms with Gasteiger partial charge in [0.2, 0.25) is 10.0 Å². The minimum Gasteiger partial charge on any atom is -0.379 e. The predicted octanol–water partition coefficient (Wildman–Crippen LogP) is 1.21. The van der Waals surface area contributed by atoms with Gasteiger partial charge in [0.05, 0.1) is 23.0 Å². The van der Waals surface area contributed by atoms with Crippen LogP contribution in [0.15, 0.2) is 35.7 Å². The van der Waals surface area contributed by atoms with E-state index in [1.807, 2.05) is 0 Å². The topological polar surface area (TPSA) is 102 Å². The van der Waals surface area contributed by atoms with Crippen molar-refractivity contribution < 1.29 is 18.1 Å². The number of anilines is 1. The summed E-state index contributed by atoms with van der Waals surface area (Å²) in [6.07, 6.45) is 1.56. The number of morpholine rings is 1. The Morgan fingerprint density at radius 1 is 1.41 bits per heavy atom. The molecule has 1 N–H and O–H groups in total. The number of nitro benzene ring substituents is 1. The first kappa shape index (κ1) is 16.4. The highest BCUT2D eigenvalue weighted by atomic mass is 32.2. The fraction of sp³-hybridized carbons (Fsp3) is 0.385. The minimum atomic E-state index is -3.75. The first-order valence-electron chi connectivity index (χ1n) is 6.68. The lowest BCUT2D eigenvalue weighted by Gasteiger charge is -2.26. The maximum Gasteiger partial charge on any atom is 0.293 e. The van der Waals surface area contributed by atoms with Crippen LogP contribution in [0.25, 0.3) is 0 Å². The van der Waals surface area contributed by atoms with Gasteiger partial charge >= 0.3 is 0 Å². The van der Waals surface area contributed by atoms with Crippen molar-refractivity contribution in [3.63, 3.8) is 0 Å². The van der Waals surface area contributed by atoms with Gasteiger partial charge in [-0.15, -0.1) is 6.58 Å². The largest absolute Gasteiger partial charge is 0.379 e. The molecule has 0 atom stereocenters. The molecule has 120 valence electrons.